The van der Waals surface area contributed by atoms with E-state index >= 15 is 0 Å². The minimum Gasteiger partial charge on any atom is -0.357 e. The van der Waals surface area contributed by atoms with E-state index in [0.717, 1.165) is 16.1 Å². The van der Waals surface area contributed by atoms with Crippen LogP contribution >= 0.6 is 11.6 Å². The first-order valence-electron chi connectivity index (χ1n) is 10.8. The van der Waals surface area contributed by atoms with Crippen LogP contribution in [0.25, 0.3) is 0 Å². The number of sulfonamides is 1. The highest BCUT2D eigenvalue weighted by Gasteiger charge is 2.32. The van der Waals surface area contributed by atoms with Gasteiger partial charge in [0.15, 0.2) is 0 Å². The zero-order chi connectivity index (χ0) is 24.8. The Morgan fingerprint density at radius 2 is 1.67 bits per heavy atom. The molecule has 9 heteroatoms. The molecule has 0 saturated carbocycles. The zero-order valence-corrected chi connectivity index (χ0v) is 21.3. The summed E-state index contributed by atoms with van der Waals surface area (Å²) in [6.07, 6.45) is 1.43. The summed E-state index contributed by atoms with van der Waals surface area (Å²) in [7, 11) is -2.28. The number of anilines is 1. The van der Waals surface area contributed by atoms with Gasteiger partial charge in [0.2, 0.25) is 21.8 Å². The number of rotatable bonds is 10. The largest absolute Gasteiger partial charge is 0.357 e. The van der Waals surface area contributed by atoms with Crippen molar-refractivity contribution in [1.29, 1.82) is 0 Å². The SMILES string of the molecule is CCC(C(=O)NC)N(Cc1ccccc1Cl)C(=O)CN(c1ccccc1C(C)C)S(C)(=O)=O. The van der Waals surface area contributed by atoms with Gasteiger partial charge in [0.1, 0.15) is 12.6 Å². The van der Waals surface area contributed by atoms with Crippen LogP contribution in [0.3, 0.4) is 0 Å². The maximum Gasteiger partial charge on any atom is 0.244 e. The second-order valence-corrected chi connectivity index (χ2v) is 10.4. The summed E-state index contributed by atoms with van der Waals surface area (Å²) in [5.74, 6) is -0.769. The first-order chi connectivity index (χ1) is 15.5. The van der Waals surface area contributed by atoms with Gasteiger partial charge in [0.25, 0.3) is 0 Å². The lowest BCUT2D eigenvalue weighted by Gasteiger charge is -2.33. The molecule has 180 valence electrons. The Morgan fingerprint density at radius 1 is 1.06 bits per heavy atom. The first-order valence-corrected chi connectivity index (χ1v) is 13.0. The fourth-order valence-electron chi connectivity index (χ4n) is 3.69. The molecule has 0 aliphatic carbocycles. The zero-order valence-electron chi connectivity index (χ0n) is 19.7. The average Bonchev–Trinajstić information content (AvgIpc) is 2.77. The predicted octanol–water partition coefficient (Wildman–Crippen LogP) is 3.78. The highest BCUT2D eigenvalue weighted by atomic mass is 35.5. The molecule has 0 aliphatic heterocycles. The fourth-order valence-corrected chi connectivity index (χ4v) is 4.76. The quantitative estimate of drug-likeness (QED) is 0.545. The van der Waals surface area contributed by atoms with Gasteiger partial charge in [0, 0.05) is 18.6 Å². The van der Waals surface area contributed by atoms with Crippen LogP contribution in [0.15, 0.2) is 48.5 Å². The number of hydrogen-bond donors (Lipinski definition) is 1. The van der Waals surface area contributed by atoms with Crippen LogP contribution in [-0.2, 0) is 26.2 Å². The van der Waals surface area contributed by atoms with Gasteiger partial charge in [-0.1, -0.05) is 68.8 Å². The van der Waals surface area contributed by atoms with Gasteiger partial charge in [-0.2, -0.15) is 0 Å². The predicted molar refractivity (Wildman–Crippen MR) is 133 cm³/mol. The summed E-state index contributed by atoms with van der Waals surface area (Å²) in [4.78, 5) is 27.6. The van der Waals surface area contributed by atoms with Crippen LogP contribution in [0.4, 0.5) is 5.69 Å². The van der Waals surface area contributed by atoms with Crippen molar-refractivity contribution in [3.05, 3.63) is 64.7 Å². The van der Waals surface area contributed by atoms with E-state index in [4.69, 9.17) is 11.6 Å². The van der Waals surface area contributed by atoms with Crippen molar-refractivity contribution in [2.24, 2.45) is 0 Å². The molecule has 0 spiro atoms. The first kappa shape index (κ1) is 26.7. The average molecular weight is 494 g/mol. The smallest absolute Gasteiger partial charge is 0.244 e. The highest BCUT2D eigenvalue weighted by Crippen LogP contribution is 2.29. The number of nitrogens with zero attached hydrogens (tertiary/aromatic N) is 2. The van der Waals surface area contributed by atoms with Gasteiger partial charge in [-0.3, -0.25) is 13.9 Å². The molecule has 33 heavy (non-hydrogen) atoms. The summed E-state index contributed by atoms with van der Waals surface area (Å²) in [6.45, 7) is 5.37. The highest BCUT2D eigenvalue weighted by molar-refractivity contribution is 7.92. The van der Waals surface area contributed by atoms with Crippen LogP contribution in [-0.4, -0.2) is 51.0 Å². The summed E-state index contributed by atoms with van der Waals surface area (Å²) in [5.41, 5.74) is 1.93. The number of halogens is 1. The number of benzene rings is 2. The molecule has 0 aromatic heterocycles. The van der Waals surface area contributed by atoms with Gasteiger partial charge < -0.3 is 10.2 Å². The molecule has 0 bridgehead atoms. The number of para-hydroxylation sites is 1. The summed E-state index contributed by atoms with van der Waals surface area (Å²) < 4.78 is 26.6. The molecule has 2 amide bonds. The van der Waals surface area contributed by atoms with Crippen LogP contribution in [0.2, 0.25) is 5.02 Å². The standard InChI is InChI=1S/C24H32ClN3O4S/c1-6-21(24(30)26-4)27(15-18-11-7-9-13-20(18)25)23(29)16-28(33(5,31)32)22-14-10-8-12-19(22)17(2)3/h7-14,17,21H,6,15-16H2,1-5H3,(H,26,30). The van der Waals surface area contributed by atoms with Gasteiger partial charge in [-0.25, -0.2) is 8.42 Å². The lowest BCUT2D eigenvalue weighted by molar-refractivity contribution is -0.140. The second-order valence-electron chi connectivity index (χ2n) is 8.13. The molecule has 0 fully saturated rings. The Morgan fingerprint density at radius 3 is 2.21 bits per heavy atom. The number of amides is 2. The molecule has 1 atom stereocenters. The van der Waals surface area contributed by atoms with Crippen molar-refractivity contribution in [1.82, 2.24) is 10.2 Å². The molecular weight excluding hydrogens is 462 g/mol. The second kappa shape index (κ2) is 11.5. The summed E-state index contributed by atoms with van der Waals surface area (Å²) in [6, 6.07) is 13.4. The molecule has 0 aliphatic rings. The van der Waals surface area contributed by atoms with Crippen molar-refractivity contribution >= 4 is 39.1 Å². The topological polar surface area (TPSA) is 86.8 Å². The van der Waals surface area contributed by atoms with Crippen molar-refractivity contribution in [3.63, 3.8) is 0 Å². The van der Waals surface area contributed by atoms with E-state index in [1.54, 1.807) is 43.3 Å². The molecule has 0 heterocycles. The van der Waals surface area contributed by atoms with Crippen molar-refractivity contribution in [2.45, 2.75) is 45.7 Å². The molecule has 1 unspecified atom stereocenters. The van der Waals surface area contributed by atoms with Gasteiger partial charge in [-0.15, -0.1) is 0 Å². The summed E-state index contributed by atoms with van der Waals surface area (Å²) >= 11 is 6.32. The fraction of sp³-hybridized carbons (Fsp3) is 0.417. The molecule has 7 nitrogen and oxygen atoms in total. The number of hydrogen-bond acceptors (Lipinski definition) is 4. The molecular formula is C24H32ClN3O4S. The molecule has 1 N–H and O–H groups in total. The van der Waals surface area contributed by atoms with Crippen molar-refractivity contribution in [3.8, 4) is 0 Å². The Bertz CT molecular complexity index is 1090. The van der Waals surface area contributed by atoms with Crippen LogP contribution < -0.4 is 9.62 Å². The van der Waals surface area contributed by atoms with Crippen LogP contribution in [0.1, 0.15) is 44.2 Å². The lowest BCUT2D eigenvalue weighted by Crippen LogP contribution is -2.51. The monoisotopic (exact) mass is 493 g/mol. The van der Waals surface area contributed by atoms with E-state index in [-0.39, 0.29) is 18.4 Å². The maximum absolute atomic E-state index is 13.6. The third-order valence-corrected chi connectivity index (χ3v) is 6.93. The van der Waals surface area contributed by atoms with Gasteiger partial charge in [-0.05, 0) is 35.6 Å². The van der Waals surface area contributed by atoms with Crippen LogP contribution in [0.5, 0.6) is 0 Å². The van der Waals surface area contributed by atoms with Crippen LogP contribution in [0, 0.1) is 0 Å². The number of carbonyl (C=O) groups excluding carboxylic acids is 2. The summed E-state index contributed by atoms with van der Waals surface area (Å²) in [5, 5.41) is 3.06. The maximum atomic E-state index is 13.6. The number of nitrogens with one attached hydrogen (secondary N) is 1. The molecule has 0 saturated heterocycles. The third kappa shape index (κ3) is 6.71. The Balaban J connectivity index is 2.51. The van der Waals surface area contributed by atoms with E-state index in [1.807, 2.05) is 26.0 Å². The molecule has 2 aromatic carbocycles. The Kier molecular flexibility index (Phi) is 9.31. The van der Waals surface area contributed by atoms with E-state index in [1.165, 1.54) is 11.9 Å². The van der Waals surface area contributed by atoms with Crippen molar-refractivity contribution < 1.29 is 18.0 Å². The van der Waals surface area contributed by atoms with E-state index in [9.17, 15) is 18.0 Å². The van der Waals surface area contributed by atoms with Gasteiger partial charge >= 0.3 is 0 Å². The van der Waals surface area contributed by atoms with E-state index in [2.05, 4.69) is 5.32 Å². The normalized spacial score (nSPS) is 12.3. The van der Waals surface area contributed by atoms with E-state index < -0.39 is 28.5 Å². The number of likely N-dealkylation sites (N-methyl/N-ethyl adjacent to an activating group) is 1. The molecule has 2 aromatic rings. The van der Waals surface area contributed by atoms with E-state index in [0.29, 0.717) is 22.7 Å². The van der Waals surface area contributed by atoms with Gasteiger partial charge in [0.05, 0.1) is 11.9 Å². The number of carbonyl (C=O) groups is 2. The Hall–Kier alpha value is -2.58. The Labute approximate surface area is 201 Å². The third-order valence-electron chi connectivity index (χ3n) is 5.44. The van der Waals surface area contributed by atoms with Crippen molar-refractivity contribution in [2.75, 3.05) is 24.2 Å². The molecule has 0 radical (unpaired) electrons. The minimum absolute atomic E-state index is 0.0500. The lowest BCUT2D eigenvalue weighted by atomic mass is 10.0. The minimum atomic E-state index is -3.78. The molecule has 2 rings (SSSR count).